The molecular weight excluding hydrogens is 405 g/mol. The molecular formula is C8H2F8INO. The number of pyridine rings is 1. The van der Waals surface area contributed by atoms with Gasteiger partial charge in [-0.15, -0.1) is 13.2 Å². The summed E-state index contributed by atoms with van der Waals surface area (Å²) in [5, 5.41) is 0. The predicted octanol–water partition coefficient (Wildman–Crippen LogP) is 4.54. The minimum atomic E-state index is -5.34. The smallest absolute Gasteiger partial charge is 0.387 e. The fraction of sp³-hybridized carbons (Fsp3) is 0.375. The summed E-state index contributed by atoms with van der Waals surface area (Å²) in [5.41, 5.74) is -3.12. The summed E-state index contributed by atoms with van der Waals surface area (Å²) in [6.45, 7) is 0. The van der Waals surface area contributed by atoms with E-state index < -0.39 is 39.7 Å². The van der Waals surface area contributed by atoms with Crippen LogP contribution in [0, 0.1) is 3.57 Å². The van der Waals surface area contributed by atoms with E-state index in [1.165, 1.54) is 0 Å². The molecule has 0 aromatic carbocycles. The van der Waals surface area contributed by atoms with Crippen molar-refractivity contribution in [1.29, 1.82) is 0 Å². The molecule has 1 aromatic rings. The number of alkyl halides is 8. The number of nitrogens with zero attached hydrogens (tertiary/aromatic N) is 1. The molecule has 1 heterocycles. The predicted molar refractivity (Wildman–Crippen MR) is 53.6 cm³/mol. The van der Waals surface area contributed by atoms with E-state index in [-0.39, 0.29) is 6.07 Å². The Balaban J connectivity index is 3.41. The molecule has 0 atom stereocenters. The van der Waals surface area contributed by atoms with Crippen molar-refractivity contribution in [2.75, 3.05) is 0 Å². The van der Waals surface area contributed by atoms with Gasteiger partial charge in [0.25, 0.3) is 6.43 Å². The van der Waals surface area contributed by atoms with E-state index in [1.54, 1.807) is 0 Å². The molecule has 0 fully saturated rings. The van der Waals surface area contributed by atoms with Crippen molar-refractivity contribution < 1.29 is 39.9 Å². The highest BCUT2D eigenvalue weighted by Crippen LogP contribution is 2.37. The van der Waals surface area contributed by atoms with E-state index in [2.05, 4.69) is 9.72 Å². The molecule has 0 spiro atoms. The highest BCUT2D eigenvalue weighted by atomic mass is 127. The minimum absolute atomic E-state index is 0.0182. The molecule has 0 N–H and O–H groups in total. The summed E-state index contributed by atoms with van der Waals surface area (Å²) in [6.07, 6.45) is -13.9. The van der Waals surface area contributed by atoms with E-state index in [4.69, 9.17) is 0 Å². The first kappa shape index (κ1) is 16.2. The Kier molecular flexibility index (Phi) is 4.47. The van der Waals surface area contributed by atoms with Gasteiger partial charge in [0.05, 0.1) is 3.57 Å². The van der Waals surface area contributed by atoms with Gasteiger partial charge < -0.3 is 4.74 Å². The Morgan fingerprint density at radius 2 is 1.63 bits per heavy atom. The molecule has 1 rings (SSSR count). The van der Waals surface area contributed by atoms with Crippen LogP contribution >= 0.6 is 22.6 Å². The highest BCUT2D eigenvalue weighted by Gasteiger charge is 2.38. The molecule has 19 heavy (non-hydrogen) atoms. The number of halogens is 9. The van der Waals surface area contributed by atoms with Crippen molar-refractivity contribution in [2.45, 2.75) is 19.0 Å². The number of hydrogen-bond donors (Lipinski definition) is 0. The summed E-state index contributed by atoms with van der Waals surface area (Å²) < 4.78 is 100. The van der Waals surface area contributed by atoms with Gasteiger partial charge in [0.1, 0.15) is 5.69 Å². The van der Waals surface area contributed by atoms with Crippen LogP contribution in [0.15, 0.2) is 6.07 Å². The first-order chi connectivity index (χ1) is 8.42. The number of rotatable bonds is 2. The molecule has 0 aliphatic carbocycles. The van der Waals surface area contributed by atoms with Crippen molar-refractivity contribution in [2.24, 2.45) is 0 Å². The maximum atomic E-state index is 12.5. The average molecular weight is 407 g/mol. The van der Waals surface area contributed by atoms with Crippen LogP contribution in [0.25, 0.3) is 0 Å². The van der Waals surface area contributed by atoms with Gasteiger partial charge in [0.2, 0.25) is 5.88 Å². The second-order valence-electron chi connectivity index (χ2n) is 3.06. The second kappa shape index (κ2) is 5.25. The van der Waals surface area contributed by atoms with E-state index >= 15 is 0 Å². The monoisotopic (exact) mass is 407 g/mol. The van der Waals surface area contributed by atoms with Gasteiger partial charge >= 0.3 is 12.5 Å². The molecule has 0 aliphatic rings. The Morgan fingerprint density at radius 3 is 2.00 bits per heavy atom. The maximum absolute atomic E-state index is 12.5. The first-order valence-electron chi connectivity index (χ1n) is 4.23. The molecule has 0 aliphatic heterocycles. The topological polar surface area (TPSA) is 22.1 Å². The first-order valence-corrected chi connectivity index (χ1v) is 5.31. The second-order valence-corrected chi connectivity index (χ2v) is 4.14. The zero-order chi connectivity index (χ0) is 15.0. The standard InChI is InChI=1S/C8H2F8INO/c9-5(10)2-1-3(7(11,12)13)18-6(4(2)17)19-8(14,15)16/h1,5H. The van der Waals surface area contributed by atoms with Crippen LogP contribution in [0.3, 0.4) is 0 Å². The Hall–Kier alpha value is -0.880. The minimum Gasteiger partial charge on any atom is -0.387 e. The quantitative estimate of drug-likeness (QED) is 0.531. The van der Waals surface area contributed by atoms with Crippen LogP contribution in [0.2, 0.25) is 0 Å². The Bertz CT molecular complexity index is 469. The summed E-state index contributed by atoms with van der Waals surface area (Å²) in [6, 6.07) is -0.0182. The van der Waals surface area contributed by atoms with Gasteiger partial charge in [-0.1, -0.05) is 0 Å². The summed E-state index contributed by atoms with van der Waals surface area (Å²) in [4.78, 5) is 2.56. The molecule has 11 heteroatoms. The third-order valence-corrected chi connectivity index (χ3v) is 2.78. The molecule has 2 nitrogen and oxygen atoms in total. The number of ether oxygens (including phenoxy) is 1. The lowest BCUT2D eigenvalue weighted by Gasteiger charge is -2.15. The average Bonchev–Trinajstić information content (AvgIpc) is 2.16. The van der Waals surface area contributed by atoms with E-state index in [0.29, 0.717) is 0 Å². The van der Waals surface area contributed by atoms with Crippen LogP contribution < -0.4 is 4.74 Å². The summed E-state index contributed by atoms with van der Waals surface area (Å²) in [5.74, 6) is -1.56. The Labute approximate surface area is 113 Å². The van der Waals surface area contributed by atoms with Gasteiger partial charge in [-0.05, 0) is 28.7 Å². The van der Waals surface area contributed by atoms with Crippen molar-refractivity contribution >= 4 is 22.6 Å². The van der Waals surface area contributed by atoms with Gasteiger partial charge in [0, 0.05) is 5.56 Å². The normalized spacial score (nSPS) is 12.9. The lowest BCUT2D eigenvalue weighted by Crippen LogP contribution is -2.21. The largest absolute Gasteiger partial charge is 0.574 e. The lowest BCUT2D eigenvalue weighted by molar-refractivity contribution is -0.276. The summed E-state index contributed by atoms with van der Waals surface area (Å²) in [7, 11) is 0. The van der Waals surface area contributed by atoms with Crippen LogP contribution in [0.4, 0.5) is 35.1 Å². The fourth-order valence-electron chi connectivity index (χ4n) is 1.01. The van der Waals surface area contributed by atoms with E-state index in [0.717, 1.165) is 22.6 Å². The van der Waals surface area contributed by atoms with Crippen LogP contribution in [-0.4, -0.2) is 11.3 Å². The van der Waals surface area contributed by atoms with Crippen LogP contribution in [0.5, 0.6) is 5.88 Å². The van der Waals surface area contributed by atoms with Crippen molar-refractivity contribution in [3.63, 3.8) is 0 Å². The molecule has 108 valence electrons. The zero-order valence-corrected chi connectivity index (χ0v) is 10.6. The van der Waals surface area contributed by atoms with Gasteiger partial charge in [-0.2, -0.15) is 13.2 Å². The van der Waals surface area contributed by atoms with Gasteiger partial charge in [-0.25, -0.2) is 13.8 Å². The molecule has 0 bridgehead atoms. The van der Waals surface area contributed by atoms with E-state index in [9.17, 15) is 35.1 Å². The Morgan fingerprint density at radius 1 is 1.11 bits per heavy atom. The van der Waals surface area contributed by atoms with Gasteiger partial charge in [0.15, 0.2) is 0 Å². The third kappa shape index (κ3) is 4.31. The molecule has 0 unspecified atom stereocenters. The van der Waals surface area contributed by atoms with Crippen molar-refractivity contribution in [3.05, 3.63) is 20.9 Å². The SMILES string of the molecule is FC(F)c1cc(C(F)(F)F)nc(OC(F)(F)F)c1I. The summed E-state index contributed by atoms with van der Waals surface area (Å²) >= 11 is 1.01. The molecule has 0 saturated heterocycles. The van der Waals surface area contributed by atoms with Crippen molar-refractivity contribution in [3.8, 4) is 5.88 Å². The zero-order valence-electron chi connectivity index (χ0n) is 8.41. The number of aromatic nitrogens is 1. The van der Waals surface area contributed by atoms with Crippen LogP contribution in [-0.2, 0) is 6.18 Å². The third-order valence-electron chi connectivity index (χ3n) is 1.69. The lowest BCUT2D eigenvalue weighted by atomic mass is 10.2. The molecule has 0 amide bonds. The maximum Gasteiger partial charge on any atom is 0.574 e. The fourth-order valence-corrected chi connectivity index (χ4v) is 1.63. The highest BCUT2D eigenvalue weighted by molar-refractivity contribution is 14.1. The van der Waals surface area contributed by atoms with Crippen LogP contribution in [0.1, 0.15) is 17.7 Å². The molecule has 0 saturated carbocycles. The number of hydrogen-bond acceptors (Lipinski definition) is 2. The molecule has 1 aromatic heterocycles. The van der Waals surface area contributed by atoms with Crippen molar-refractivity contribution in [1.82, 2.24) is 4.98 Å². The van der Waals surface area contributed by atoms with E-state index in [1.807, 2.05) is 0 Å². The van der Waals surface area contributed by atoms with Gasteiger partial charge in [-0.3, -0.25) is 0 Å². The molecule has 0 radical (unpaired) electrons.